The fourth-order valence-electron chi connectivity index (χ4n) is 2.31. The van der Waals surface area contributed by atoms with E-state index in [2.05, 4.69) is 0 Å². The highest BCUT2D eigenvalue weighted by Crippen LogP contribution is 2.37. The van der Waals surface area contributed by atoms with Crippen LogP contribution in [-0.4, -0.2) is 42.4 Å². The van der Waals surface area contributed by atoms with Gasteiger partial charge in [0.25, 0.3) is 0 Å². The number of carbonyl (C=O) groups is 1. The summed E-state index contributed by atoms with van der Waals surface area (Å²) in [5.41, 5.74) is 0.0262. The van der Waals surface area contributed by atoms with E-state index < -0.39 is 24.4 Å². The summed E-state index contributed by atoms with van der Waals surface area (Å²) < 4.78 is 17.8. The minimum atomic E-state index is -0.685. The third-order valence-corrected chi connectivity index (χ3v) is 4.62. The number of aliphatic hydroxyl groups is 1. The number of carbonyl (C=O) groups excluding carboxylic acids is 1. The molecular weight excluding hydrogens is 295 g/mol. The molecule has 0 amide bonds. The molecule has 1 aromatic rings. The molecule has 0 saturated carbocycles. The molecule has 1 N–H and O–H groups in total. The molecule has 0 radical (unpaired) electrons. The summed E-state index contributed by atoms with van der Waals surface area (Å²) >= 11 is 0. The van der Waals surface area contributed by atoms with E-state index in [0.29, 0.717) is 23.2 Å². The van der Waals surface area contributed by atoms with Crippen molar-refractivity contribution in [2.75, 3.05) is 6.61 Å². The average molecular weight is 320 g/mol. The van der Waals surface area contributed by atoms with Crippen LogP contribution in [0.4, 0.5) is 0 Å². The Kier molecular flexibility index (Phi) is 5.18. The van der Waals surface area contributed by atoms with Crippen molar-refractivity contribution in [2.24, 2.45) is 0 Å². The Labute approximate surface area is 138 Å². The van der Waals surface area contributed by atoms with Crippen LogP contribution in [0.2, 0.25) is 0 Å². The summed E-state index contributed by atoms with van der Waals surface area (Å²) in [4.78, 5) is 11.4. The first-order chi connectivity index (χ1) is 10.7. The molecule has 0 spiro atoms. The summed E-state index contributed by atoms with van der Waals surface area (Å²) in [6.45, 7) is 9.86. The van der Waals surface area contributed by atoms with Crippen LogP contribution >= 0.6 is 0 Å². The fraction of sp³-hybridized carbons (Fsp3) is 0.588. The standard InChI is InChI=1S/C17H25BO5/c1-6-13(20)11-21-14-9-7-8-12(10-19)15(14)18-22-16(2,3)17(4,5)23-18/h7-10,13,20H,6,11H2,1-5H3/t13-/m0/s1. The highest BCUT2D eigenvalue weighted by Gasteiger charge is 2.53. The van der Waals surface area contributed by atoms with Crippen molar-refractivity contribution in [1.29, 1.82) is 0 Å². The van der Waals surface area contributed by atoms with Crippen molar-refractivity contribution >= 4 is 18.9 Å². The number of aliphatic hydroxyl groups excluding tert-OH is 1. The van der Waals surface area contributed by atoms with Gasteiger partial charge >= 0.3 is 7.12 Å². The Bertz CT molecular complexity index is 554. The van der Waals surface area contributed by atoms with Crippen molar-refractivity contribution in [3.8, 4) is 5.75 Å². The monoisotopic (exact) mass is 320 g/mol. The van der Waals surface area contributed by atoms with Crippen molar-refractivity contribution in [3.05, 3.63) is 23.8 Å². The van der Waals surface area contributed by atoms with E-state index >= 15 is 0 Å². The first-order valence-electron chi connectivity index (χ1n) is 7.96. The lowest BCUT2D eigenvalue weighted by molar-refractivity contribution is 0.00578. The maximum absolute atomic E-state index is 11.4. The summed E-state index contributed by atoms with van der Waals surface area (Å²) in [6, 6.07) is 5.21. The lowest BCUT2D eigenvalue weighted by Gasteiger charge is -2.32. The smallest absolute Gasteiger partial charge is 0.491 e. The van der Waals surface area contributed by atoms with Gasteiger partial charge in [0, 0.05) is 11.0 Å². The van der Waals surface area contributed by atoms with E-state index in [1.165, 1.54) is 0 Å². The first kappa shape index (κ1) is 18.0. The highest BCUT2D eigenvalue weighted by atomic mass is 16.7. The molecule has 1 aromatic carbocycles. The molecule has 5 nitrogen and oxygen atoms in total. The van der Waals surface area contributed by atoms with Gasteiger partial charge in [0.1, 0.15) is 18.6 Å². The normalized spacial score (nSPS) is 20.3. The number of benzene rings is 1. The zero-order valence-corrected chi connectivity index (χ0v) is 14.5. The predicted molar refractivity (Wildman–Crippen MR) is 89.3 cm³/mol. The van der Waals surface area contributed by atoms with Gasteiger partial charge in [-0.25, -0.2) is 0 Å². The van der Waals surface area contributed by atoms with Gasteiger partial charge in [0.15, 0.2) is 0 Å². The van der Waals surface area contributed by atoms with Gasteiger partial charge in [-0.3, -0.25) is 4.79 Å². The molecule has 1 aliphatic rings. The van der Waals surface area contributed by atoms with Gasteiger partial charge in [-0.05, 0) is 40.2 Å². The molecule has 1 atom stereocenters. The van der Waals surface area contributed by atoms with E-state index in [9.17, 15) is 9.90 Å². The van der Waals surface area contributed by atoms with Crippen LogP contribution in [0.3, 0.4) is 0 Å². The second kappa shape index (κ2) is 6.63. The Morgan fingerprint density at radius 3 is 2.39 bits per heavy atom. The number of ether oxygens (including phenoxy) is 1. The predicted octanol–water partition coefficient (Wildman–Crippen LogP) is 1.95. The van der Waals surface area contributed by atoms with Gasteiger partial charge in [-0.2, -0.15) is 0 Å². The number of rotatable bonds is 6. The summed E-state index contributed by atoms with van der Waals surface area (Å²) in [5, 5.41) is 9.71. The highest BCUT2D eigenvalue weighted by molar-refractivity contribution is 6.64. The molecule has 23 heavy (non-hydrogen) atoms. The van der Waals surface area contributed by atoms with Crippen LogP contribution in [0.25, 0.3) is 0 Å². The van der Waals surface area contributed by atoms with Gasteiger partial charge in [0.05, 0.1) is 17.3 Å². The van der Waals surface area contributed by atoms with Gasteiger partial charge in [-0.1, -0.05) is 19.1 Å². The molecule has 2 rings (SSSR count). The molecule has 0 aliphatic carbocycles. The summed E-state index contributed by atoms with van der Waals surface area (Å²) in [6.07, 6.45) is 0.809. The van der Waals surface area contributed by atoms with Crippen LogP contribution in [0.15, 0.2) is 18.2 Å². The van der Waals surface area contributed by atoms with Gasteiger partial charge in [-0.15, -0.1) is 0 Å². The SMILES string of the molecule is CC[C@H](O)COc1cccc(C=O)c1B1OC(C)(C)C(C)(C)O1. The molecule has 1 saturated heterocycles. The second-order valence-corrected chi connectivity index (χ2v) is 6.84. The first-order valence-corrected chi connectivity index (χ1v) is 7.96. The van der Waals surface area contributed by atoms with E-state index in [1.807, 2.05) is 34.6 Å². The van der Waals surface area contributed by atoms with Crippen LogP contribution in [0, 0.1) is 0 Å². The van der Waals surface area contributed by atoms with Crippen LogP contribution in [-0.2, 0) is 9.31 Å². The largest absolute Gasteiger partial charge is 0.499 e. The molecule has 1 heterocycles. The Morgan fingerprint density at radius 2 is 1.87 bits per heavy atom. The summed E-state index contributed by atoms with van der Waals surface area (Å²) in [7, 11) is -0.685. The van der Waals surface area contributed by atoms with Crippen LogP contribution < -0.4 is 10.2 Å². The van der Waals surface area contributed by atoms with Crippen molar-refractivity contribution < 1.29 is 23.9 Å². The number of aldehydes is 1. The van der Waals surface area contributed by atoms with E-state index in [-0.39, 0.29) is 6.61 Å². The molecule has 1 aliphatic heterocycles. The molecule has 126 valence electrons. The number of hydrogen-bond donors (Lipinski definition) is 1. The molecule has 0 bridgehead atoms. The van der Waals surface area contributed by atoms with Crippen LogP contribution in [0.1, 0.15) is 51.4 Å². The zero-order valence-electron chi connectivity index (χ0n) is 14.5. The van der Waals surface area contributed by atoms with E-state index in [1.54, 1.807) is 18.2 Å². The Balaban J connectivity index is 2.35. The minimum Gasteiger partial charge on any atom is -0.491 e. The maximum atomic E-state index is 11.4. The Morgan fingerprint density at radius 1 is 1.26 bits per heavy atom. The second-order valence-electron chi connectivity index (χ2n) is 6.84. The lowest BCUT2D eigenvalue weighted by atomic mass is 9.75. The average Bonchev–Trinajstić information content (AvgIpc) is 2.72. The minimum absolute atomic E-state index is 0.158. The van der Waals surface area contributed by atoms with Gasteiger partial charge in [0.2, 0.25) is 0 Å². The van der Waals surface area contributed by atoms with Crippen molar-refractivity contribution in [1.82, 2.24) is 0 Å². The zero-order chi connectivity index (χ0) is 17.3. The number of hydrogen-bond acceptors (Lipinski definition) is 5. The molecular formula is C17H25BO5. The van der Waals surface area contributed by atoms with E-state index in [0.717, 1.165) is 6.29 Å². The topological polar surface area (TPSA) is 65.0 Å². The van der Waals surface area contributed by atoms with E-state index in [4.69, 9.17) is 14.0 Å². The lowest BCUT2D eigenvalue weighted by Crippen LogP contribution is -2.41. The molecule has 0 unspecified atom stereocenters. The molecule has 6 heteroatoms. The maximum Gasteiger partial charge on any atom is 0.499 e. The molecule has 1 fully saturated rings. The van der Waals surface area contributed by atoms with Crippen molar-refractivity contribution in [2.45, 2.75) is 58.3 Å². The molecule has 0 aromatic heterocycles. The third kappa shape index (κ3) is 3.60. The third-order valence-electron chi connectivity index (χ3n) is 4.62. The van der Waals surface area contributed by atoms with Crippen LogP contribution in [0.5, 0.6) is 5.75 Å². The fourth-order valence-corrected chi connectivity index (χ4v) is 2.31. The quantitative estimate of drug-likeness (QED) is 0.641. The Hall–Kier alpha value is -1.37. The van der Waals surface area contributed by atoms with Gasteiger partial charge < -0.3 is 19.2 Å². The summed E-state index contributed by atoms with van der Waals surface area (Å²) in [5.74, 6) is 0.501. The van der Waals surface area contributed by atoms with Crippen molar-refractivity contribution in [3.63, 3.8) is 0 Å².